The van der Waals surface area contributed by atoms with Gasteiger partial charge in [-0.2, -0.15) is 0 Å². The van der Waals surface area contributed by atoms with E-state index in [-0.39, 0.29) is 29.4 Å². The molecule has 1 aliphatic carbocycles. The fourth-order valence-corrected chi connectivity index (χ4v) is 5.34. The van der Waals surface area contributed by atoms with Gasteiger partial charge in [-0.05, 0) is 124 Å². The van der Waals surface area contributed by atoms with Crippen LogP contribution in [0.25, 0.3) is 11.1 Å². The van der Waals surface area contributed by atoms with Crippen molar-refractivity contribution in [3.63, 3.8) is 0 Å². The van der Waals surface area contributed by atoms with Gasteiger partial charge in [0.25, 0.3) is 0 Å². The molecule has 1 saturated carbocycles. The lowest BCUT2D eigenvalue weighted by Crippen LogP contribution is -2.22. The third kappa shape index (κ3) is 12.1. The smallest absolute Gasteiger partial charge is 0.343 e. The van der Waals surface area contributed by atoms with E-state index >= 15 is 0 Å². The molecule has 0 unspecified atom stereocenters. The van der Waals surface area contributed by atoms with E-state index in [1.807, 2.05) is 31.2 Å². The molecule has 4 rings (SSSR count). The molecule has 0 aliphatic heterocycles. The van der Waals surface area contributed by atoms with Gasteiger partial charge in [-0.15, -0.1) is 0 Å². The van der Waals surface area contributed by atoms with Gasteiger partial charge in [-0.3, -0.25) is 4.79 Å². The van der Waals surface area contributed by atoms with E-state index in [1.165, 1.54) is 30.3 Å². The van der Waals surface area contributed by atoms with Crippen molar-refractivity contribution < 1.29 is 42.9 Å². The van der Waals surface area contributed by atoms with Gasteiger partial charge in [-0.25, -0.2) is 14.4 Å². The van der Waals surface area contributed by atoms with Crippen LogP contribution >= 0.6 is 0 Å². The van der Waals surface area contributed by atoms with Crippen LogP contribution in [-0.2, 0) is 23.9 Å². The second-order valence-corrected chi connectivity index (χ2v) is 12.0. The highest BCUT2D eigenvalue weighted by molar-refractivity contribution is 5.95. The summed E-state index contributed by atoms with van der Waals surface area (Å²) in [5.74, 6) is -0.749. The maximum absolute atomic E-state index is 12.8. The number of ether oxygens (including phenoxy) is 5. The minimum absolute atomic E-state index is 0.00229. The first kappa shape index (κ1) is 36.7. The summed E-state index contributed by atoms with van der Waals surface area (Å²) in [5.41, 5.74) is 3.25. The number of rotatable bonds is 17. The molecule has 3 aromatic rings. The third-order valence-electron chi connectivity index (χ3n) is 8.08. The molecule has 0 amide bonds. The summed E-state index contributed by atoms with van der Waals surface area (Å²) in [7, 11) is 0. The number of aryl methyl sites for hydroxylation is 1. The molecule has 0 radical (unpaired) electrons. The second kappa shape index (κ2) is 19.0. The van der Waals surface area contributed by atoms with E-state index in [4.69, 9.17) is 23.7 Å². The molecule has 0 N–H and O–H groups in total. The van der Waals surface area contributed by atoms with Gasteiger partial charge in [0.15, 0.2) is 0 Å². The van der Waals surface area contributed by atoms with Crippen molar-refractivity contribution in [3.8, 4) is 28.4 Å². The zero-order valence-electron chi connectivity index (χ0n) is 28.1. The van der Waals surface area contributed by atoms with Crippen LogP contribution in [0.2, 0.25) is 0 Å². The number of hydrogen-bond donors (Lipinski definition) is 0. The molecular formula is C40H44O9. The van der Waals surface area contributed by atoms with Crippen molar-refractivity contribution >= 4 is 23.9 Å². The zero-order chi connectivity index (χ0) is 35.0. The topological polar surface area (TPSA) is 114 Å². The molecule has 9 heteroatoms. The quantitative estimate of drug-likeness (QED) is 0.0607. The molecule has 1 aliphatic rings. The van der Waals surface area contributed by atoms with Crippen LogP contribution in [-0.4, -0.2) is 43.2 Å². The lowest BCUT2D eigenvalue weighted by atomic mass is 9.98. The van der Waals surface area contributed by atoms with Crippen LogP contribution in [0.1, 0.15) is 80.1 Å². The van der Waals surface area contributed by atoms with Crippen LogP contribution in [0.5, 0.6) is 17.2 Å². The van der Waals surface area contributed by atoms with Gasteiger partial charge in [0.2, 0.25) is 0 Å². The number of carbonyl (C=O) groups is 4. The van der Waals surface area contributed by atoms with Gasteiger partial charge < -0.3 is 23.7 Å². The van der Waals surface area contributed by atoms with Crippen LogP contribution in [0.15, 0.2) is 91.5 Å². The lowest BCUT2D eigenvalue weighted by Gasteiger charge is -2.21. The third-order valence-corrected chi connectivity index (χ3v) is 8.08. The molecule has 0 spiro atoms. The largest absolute Gasteiger partial charge is 0.493 e. The van der Waals surface area contributed by atoms with Crippen molar-refractivity contribution in [2.45, 2.75) is 77.2 Å². The van der Waals surface area contributed by atoms with Crippen LogP contribution < -0.4 is 14.2 Å². The van der Waals surface area contributed by atoms with Crippen LogP contribution in [0.4, 0.5) is 0 Å². The Bertz CT molecular complexity index is 1600. The van der Waals surface area contributed by atoms with Crippen molar-refractivity contribution in [2.24, 2.45) is 0 Å². The molecule has 0 saturated heterocycles. The van der Waals surface area contributed by atoms with E-state index in [1.54, 1.807) is 12.1 Å². The Hall–Kier alpha value is -5.18. The maximum atomic E-state index is 12.8. The van der Waals surface area contributed by atoms with E-state index < -0.39 is 23.9 Å². The number of unbranched alkanes of at least 4 members (excludes halogenated alkanes) is 3. The van der Waals surface area contributed by atoms with Crippen LogP contribution in [0, 0.1) is 6.92 Å². The van der Waals surface area contributed by atoms with Crippen molar-refractivity contribution in [3.05, 3.63) is 103 Å². The molecule has 0 atom stereocenters. The van der Waals surface area contributed by atoms with E-state index in [0.29, 0.717) is 19.0 Å². The molecule has 1 fully saturated rings. The Kier molecular flexibility index (Phi) is 14.2. The average Bonchev–Trinajstić information content (AvgIpc) is 3.10. The van der Waals surface area contributed by atoms with Crippen molar-refractivity contribution in [1.82, 2.24) is 0 Å². The lowest BCUT2D eigenvalue weighted by molar-refractivity contribution is -0.150. The second-order valence-electron chi connectivity index (χ2n) is 12.0. The first-order chi connectivity index (χ1) is 23.7. The summed E-state index contributed by atoms with van der Waals surface area (Å²) in [6.07, 6.45) is 9.40. The van der Waals surface area contributed by atoms with E-state index in [0.717, 1.165) is 80.2 Å². The highest BCUT2D eigenvalue weighted by Crippen LogP contribution is 2.28. The maximum Gasteiger partial charge on any atom is 0.343 e. The predicted octanol–water partition coefficient (Wildman–Crippen LogP) is 8.28. The van der Waals surface area contributed by atoms with Gasteiger partial charge in [0, 0.05) is 11.6 Å². The number of benzene rings is 3. The molecular weight excluding hydrogens is 624 g/mol. The normalized spacial score (nSPS) is 12.8. The van der Waals surface area contributed by atoms with Gasteiger partial charge in [0.1, 0.15) is 23.4 Å². The molecule has 49 heavy (non-hydrogen) atoms. The summed E-state index contributed by atoms with van der Waals surface area (Å²) in [6, 6.07) is 19.2. The molecule has 258 valence electrons. The highest BCUT2D eigenvalue weighted by Gasteiger charge is 2.21. The van der Waals surface area contributed by atoms with Gasteiger partial charge in [-0.1, -0.05) is 37.8 Å². The number of carbonyl (C=O) groups excluding carboxylic acids is 4. The van der Waals surface area contributed by atoms with Crippen LogP contribution in [0.3, 0.4) is 0 Å². The first-order valence-corrected chi connectivity index (χ1v) is 16.8. The first-order valence-electron chi connectivity index (χ1n) is 16.8. The van der Waals surface area contributed by atoms with E-state index in [2.05, 4.69) is 19.2 Å². The summed E-state index contributed by atoms with van der Waals surface area (Å²) in [6.45, 7) is 10.1. The monoisotopic (exact) mass is 668 g/mol. The summed E-state index contributed by atoms with van der Waals surface area (Å²) < 4.78 is 27.3. The van der Waals surface area contributed by atoms with Crippen molar-refractivity contribution in [1.29, 1.82) is 0 Å². The minimum atomic E-state index is -0.734. The fraction of sp³-hybridized carbons (Fsp3) is 0.350. The summed E-state index contributed by atoms with van der Waals surface area (Å²) in [4.78, 5) is 48.4. The standard InChI is InChI=1S/C40H44O9/c1-4-37(41)46-25-11-6-5-10-24-45-36-23-18-32(26-28(36)2)30-14-19-35(20-15-30)49-40(44)31-16-21-34(22-17-31)48-39(43)29(3)27-38(42)47-33-12-8-7-9-13-33/h4,14-23,26,33H,1,3,5-13,24-25,27H2,2H3. The van der Waals surface area contributed by atoms with Gasteiger partial charge >= 0.3 is 23.9 Å². The Morgan fingerprint density at radius 2 is 1.41 bits per heavy atom. The van der Waals surface area contributed by atoms with Crippen molar-refractivity contribution in [2.75, 3.05) is 13.2 Å². The van der Waals surface area contributed by atoms with Gasteiger partial charge in [0.05, 0.1) is 25.2 Å². The Morgan fingerprint density at radius 3 is 2.08 bits per heavy atom. The Labute approximate surface area is 287 Å². The molecule has 0 aromatic heterocycles. The Morgan fingerprint density at radius 1 is 0.776 bits per heavy atom. The SMILES string of the molecule is C=CC(=O)OCCCCCCOc1ccc(-c2ccc(OC(=O)c3ccc(OC(=O)C(=C)CC(=O)OC4CCCCC4)cc3)cc2)cc1C. The molecule has 3 aromatic carbocycles. The fourth-order valence-electron chi connectivity index (χ4n) is 5.34. The predicted molar refractivity (Wildman–Crippen MR) is 185 cm³/mol. The molecule has 9 nitrogen and oxygen atoms in total. The zero-order valence-corrected chi connectivity index (χ0v) is 28.1. The highest BCUT2D eigenvalue weighted by atomic mass is 16.6. The summed E-state index contributed by atoms with van der Waals surface area (Å²) >= 11 is 0. The Balaban J connectivity index is 1.19. The summed E-state index contributed by atoms with van der Waals surface area (Å²) in [5, 5.41) is 0. The number of esters is 4. The molecule has 0 bridgehead atoms. The molecule has 0 heterocycles. The average molecular weight is 669 g/mol. The minimum Gasteiger partial charge on any atom is -0.493 e. The van der Waals surface area contributed by atoms with E-state index in [9.17, 15) is 19.2 Å². The number of hydrogen-bond acceptors (Lipinski definition) is 9.